The van der Waals surface area contributed by atoms with Crippen LogP contribution in [0.3, 0.4) is 0 Å². The molecule has 0 aliphatic carbocycles. The molecule has 3 N–H and O–H groups in total. The second kappa shape index (κ2) is 4.95. The molecule has 70 valence electrons. The summed E-state index contributed by atoms with van der Waals surface area (Å²) in [6.45, 7) is 1.52. The topological polar surface area (TPSA) is 68.9 Å². The van der Waals surface area contributed by atoms with Gasteiger partial charge in [0.2, 0.25) is 5.96 Å². The van der Waals surface area contributed by atoms with Gasteiger partial charge in [-0.05, 0) is 12.8 Å². The van der Waals surface area contributed by atoms with Crippen LogP contribution in [0.1, 0.15) is 12.8 Å². The van der Waals surface area contributed by atoms with Crippen LogP contribution in [-0.2, 0) is 9.57 Å². The second-order valence-corrected chi connectivity index (χ2v) is 2.64. The van der Waals surface area contributed by atoms with Gasteiger partial charge in [0.15, 0.2) is 0 Å². The Morgan fingerprint density at radius 1 is 1.58 bits per heavy atom. The van der Waals surface area contributed by atoms with Crippen molar-refractivity contribution in [2.75, 3.05) is 20.3 Å². The van der Waals surface area contributed by atoms with Crippen molar-refractivity contribution in [3.63, 3.8) is 0 Å². The van der Waals surface area contributed by atoms with Crippen molar-refractivity contribution in [1.29, 1.82) is 0 Å². The third-order valence-electron chi connectivity index (χ3n) is 1.74. The van der Waals surface area contributed by atoms with Gasteiger partial charge < -0.3 is 10.5 Å². The lowest BCUT2D eigenvalue weighted by atomic mass is 10.2. The summed E-state index contributed by atoms with van der Waals surface area (Å²) in [5.41, 5.74) is 7.95. The minimum Gasteiger partial charge on any atom is -0.381 e. The first-order valence-electron chi connectivity index (χ1n) is 4.04. The lowest BCUT2D eigenvalue weighted by Gasteiger charge is -2.21. The van der Waals surface area contributed by atoms with Crippen molar-refractivity contribution < 1.29 is 9.57 Å². The van der Waals surface area contributed by atoms with Crippen molar-refractivity contribution in [1.82, 2.24) is 5.48 Å². The molecule has 0 aromatic carbocycles. The van der Waals surface area contributed by atoms with Crippen molar-refractivity contribution in [2.24, 2.45) is 10.7 Å². The summed E-state index contributed by atoms with van der Waals surface area (Å²) in [5, 5.41) is 0. The number of hydrogen-bond acceptors (Lipinski definition) is 3. The van der Waals surface area contributed by atoms with Crippen LogP contribution in [0.2, 0.25) is 0 Å². The van der Waals surface area contributed by atoms with Crippen LogP contribution in [0.25, 0.3) is 0 Å². The van der Waals surface area contributed by atoms with E-state index in [2.05, 4.69) is 10.5 Å². The quantitative estimate of drug-likeness (QED) is 0.339. The van der Waals surface area contributed by atoms with Crippen LogP contribution < -0.4 is 11.2 Å². The molecule has 0 atom stereocenters. The van der Waals surface area contributed by atoms with E-state index >= 15 is 0 Å². The van der Waals surface area contributed by atoms with Gasteiger partial charge in [-0.3, -0.25) is 9.83 Å². The summed E-state index contributed by atoms with van der Waals surface area (Å²) >= 11 is 0. The average molecular weight is 173 g/mol. The first-order chi connectivity index (χ1) is 5.83. The lowest BCUT2D eigenvalue weighted by molar-refractivity contribution is -0.0569. The predicted octanol–water partition coefficient (Wildman–Crippen LogP) is -0.369. The molecule has 1 heterocycles. The van der Waals surface area contributed by atoms with Crippen LogP contribution in [-0.4, -0.2) is 32.3 Å². The molecule has 1 aliphatic rings. The highest BCUT2D eigenvalue weighted by Gasteiger charge is 2.14. The van der Waals surface area contributed by atoms with E-state index in [1.54, 1.807) is 7.05 Å². The zero-order valence-corrected chi connectivity index (χ0v) is 7.25. The molecule has 1 saturated heterocycles. The molecular weight excluding hydrogens is 158 g/mol. The average Bonchev–Trinajstić information content (AvgIpc) is 2.16. The maximum Gasteiger partial charge on any atom is 0.212 e. The minimum absolute atomic E-state index is 0.194. The molecule has 0 radical (unpaired) electrons. The summed E-state index contributed by atoms with van der Waals surface area (Å²) in [7, 11) is 1.61. The first kappa shape index (κ1) is 9.28. The number of ether oxygens (including phenoxy) is 1. The summed E-state index contributed by atoms with van der Waals surface area (Å²) in [6.07, 6.45) is 2.01. The Hall–Kier alpha value is -0.810. The van der Waals surface area contributed by atoms with E-state index < -0.39 is 0 Å². The van der Waals surface area contributed by atoms with E-state index in [0.717, 1.165) is 26.1 Å². The third-order valence-corrected chi connectivity index (χ3v) is 1.74. The number of rotatable bonds is 2. The number of hydrogen-bond donors (Lipinski definition) is 2. The fourth-order valence-corrected chi connectivity index (χ4v) is 0.983. The number of nitrogens with zero attached hydrogens (tertiary/aromatic N) is 1. The van der Waals surface area contributed by atoms with Crippen LogP contribution in [0.5, 0.6) is 0 Å². The molecule has 1 fully saturated rings. The molecule has 1 rings (SSSR count). The van der Waals surface area contributed by atoms with E-state index in [0.29, 0.717) is 5.96 Å². The molecule has 1 aliphatic heterocycles. The Kier molecular flexibility index (Phi) is 3.83. The normalized spacial score (nSPS) is 20.9. The Morgan fingerprint density at radius 2 is 2.25 bits per heavy atom. The lowest BCUT2D eigenvalue weighted by Crippen LogP contribution is -2.37. The largest absolute Gasteiger partial charge is 0.381 e. The number of nitrogens with one attached hydrogen (secondary N) is 1. The fraction of sp³-hybridized carbons (Fsp3) is 0.857. The summed E-state index contributed by atoms with van der Waals surface area (Å²) < 4.78 is 5.16. The highest BCUT2D eigenvalue weighted by molar-refractivity contribution is 5.76. The number of aliphatic imine (C=N–C) groups is 1. The van der Waals surface area contributed by atoms with Gasteiger partial charge in [0.05, 0.1) is 6.10 Å². The monoisotopic (exact) mass is 173 g/mol. The van der Waals surface area contributed by atoms with Crippen molar-refractivity contribution in [3.8, 4) is 0 Å². The molecule has 0 unspecified atom stereocenters. The number of hydroxylamine groups is 1. The second-order valence-electron chi connectivity index (χ2n) is 2.64. The summed E-state index contributed by atoms with van der Waals surface area (Å²) in [6, 6.07) is 0. The van der Waals surface area contributed by atoms with E-state index in [1.165, 1.54) is 0 Å². The van der Waals surface area contributed by atoms with E-state index in [-0.39, 0.29) is 6.10 Å². The SMILES string of the molecule is CN=C(N)NOC1CCOCC1. The Morgan fingerprint density at radius 3 is 2.83 bits per heavy atom. The van der Waals surface area contributed by atoms with E-state index in [4.69, 9.17) is 15.3 Å². The highest BCUT2D eigenvalue weighted by Crippen LogP contribution is 2.08. The van der Waals surface area contributed by atoms with Crippen molar-refractivity contribution in [2.45, 2.75) is 18.9 Å². The zero-order chi connectivity index (χ0) is 8.81. The minimum atomic E-state index is 0.194. The van der Waals surface area contributed by atoms with Gasteiger partial charge in [0, 0.05) is 20.3 Å². The first-order valence-corrected chi connectivity index (χ1v) is 4.04. The van der Waals surface area contributed by atoms with Gasteiger partial charge in [-0.25, -0.2) is 5.48 Å². The predicted molar refractivity (Wildman–Crippen MR) is 45.6 cm³/mol. The van der Waals surface area contributed by atoms with Crippen molar-refractivity contribution in [3.05, 3.63) is 0 Å². The van der Waals surface area contributed by atoms with Crippen LogP contribution in [0.15, 0.2) is 4.99 Å². The van der Waals surface area contributed by atoms with Gasteiger partial charge in [-0.15, -0.1) is 0 Å². The molecule has 0 bridgehead atoms. The fourth-order valence-electron chi connectivity index (χ4n) is 0.983. The summed E-state index contributed by atoms with van der Waals surface area (Å²) in [4.78, 5) is 8.95. The Labute approximate surface area is 71.9 Å². The van der Waals surface area contributed by atoms with E-state index in [9.17, 15) is 0 Å². The van der Waals surface area contributed by atoms with E-state index in [1.807, 2.05) is 0 Å². The van der Waals surface area contributed by atoms with Crippen molar-refractivity contribution >= 4 is 5.96 Å². The Balaban J connectivity index is 2.13. The molecule has 5 nitrogen and oxygen atoms in total. The molecule has 12 heavy (non-hydrogen) atoms. The van der Waals surface area contributed by atoms with Gasteiger partial charge >= 0.3 is 0 Å². The molecular formula is C7H15N3O2. The third kappa shape index (κ3) is 3.06. The molecule has 0 saturated carbocycles. The van der Waals surface area contributed by atoms with Gasteiger partial charge in [0.1, 0.15) is 0 Å². The smallest absolute Gasteiger partial charge is 0.212 e. The highest BCUT2D eigenvalue weighted by atomic mass is 16.7. The number of guanidine groups is 1. The maximum atomic E-state index is 5.37. The summed E-state index contributed by atoms with van der Waals surface area (Å²) in [5.74, 6) is 0.307. The van der Waals surface area contributed by atoms with Gasteiger partial charge in [-0.1, -0.05) is 0 Å². The molecule has 0 amide bonds. The van der Waals surface area contributed by atoms with Crippen LogP contribution in [0, 0.1) is 0 Å². The van der Waals surface area contributed by atoms with Crippen LogP contribution in [0.4, 0.5) is 0 Å². The molecule has 0 aromatic heterocycles. The molecule has 5 heteroatoms. The van der Waals surface area contributed by atoms with Crippen LogP contribution >= 0.6 is 0 Å². The van der Waals surface area contributed by atoms with Gasteiger partial charge in [-0.2, -0.15) is 0 Å². The Bertz CT molecular complexity index is 155. The zero-order valence-electron chi connectivity index (χ0n) is 7.25. The standard InChI is InChI=1S/C7H15N3O2/c1-9-7(8)10-12-6-2-4-11-5-3-6/h6H,2-5H2,1H3,(H3,8,9,10). The molecule has 0 aromatic rings. The molecule has 0 spiro atoms. The maximum absolute atomic E-state index is 5.37. The number of nitrogens with two attached hydrogens (primary N) is 1. The van der Waals surface area contributed by atoms with Gasteiger partial charge in [0.25, 0.3) is 0 Å².